The molecule has 0 unspecified atom stereocenters. The number of aromatic nitrogens is 1. The number of nitrogens with zero attached hydrogens (tertiary/aromatic N) is 1. The third-order valence-electron chi connectivity index (χ3n) is 9.08. The number of hydrogen-bond donors (Lipinski definition) is 1. The molecule has 1 aromatic carbocycles. The number of allylic oxidation sites excluding steroid dienone is 1. The molecule has 1 saturated carbocycles. The highest BCUT2D eigenvalue weighted by molar-refractivity contribution is 6.06. The number of pyridine rings is 1. The lowest BCUT2D eigenvalue weighted by Gasteiger charge is -2.60. The molecule has 212 valence electrons. The first-order chi connectivity index (χ1) is 19.3. The van der Waals surface area contributed by atoms with E-state index in [1.165, 1.54) is 12.3 Å². The zero-order chi connectivity index (χ0) is 27.9. The Morgan fingerprint density at radius 1 is 1.10 bits per heavy atom. The second-order valence-corrected chi connectivity index (χ2v) is 11.7. The standard InChI is InChI=1S/C31H36N2O7/c1-19-6-12-25-20(2)28(37-29-31(25)24(19)14-15-30(3,38-29)39-40-31)33-27(35)18-36-23-10-7-21(8-11-23)9-13-26(34)22-5-4-16-32-17-22/h4-5,7-11,13,16-17,19-20,24-25,28-29H,6,12,14-15,18H2,1-3H3,(H,33,35)/b13-9+/t19-,20-,24+,25+,28+,29-,30-,31-/m1/s1. The van der Waals surface area contributed by atoms with Crippen LogP contribution in [0.15, 0.2) is 54.9 Å². The third kappa shape index (κ3) is 4.96. The molecule has 5 heterocycles. The average molecular weight is 549 g/mol. The largest absolute Gasteiger partial charge is 0.484 e. The third-order valence-corrected chi connectivity index (χ3v) is 9.08. The number of rotatable bonds is 7. The van der Waals surface area contributed by atoms with E-state index in [9.17, 15) is 9.59 Å². The summed E-state index contributed by atoms with van der Waals surface area (Å²) in [7, 11) is 0. The van der Waals surface area contributed by atoms with Crippen molar-refractivity contribution in [2.45, 2.75) is 70.4 Å². The zero-order valence-electron chi connectivity index (χ0n) is 23.1. The molecule has 2 bridgehead atoms. The number of carbonyl (C=O) groups excluding carboxylic acids is 2. The van der Waals surface area contributed by atoms with Crippen molar-refractivity contribution in [3.05, 3.63) is 66.0 Å². The van der Waals surface area contributed by atoms with Crippen LogP contribution in [0.1, 0.15) is 62.4 Å². The maximum atomic E-state index is 12.9. The van der Waals surface area contributed by atoms with Gasteiger partial charge in [-0.1, -0.05) is 32.1 Å². The maximum absolute atomic E-state index is 12.9. The van der Waals surface area contributed by atoms with Crippen LogP contribution in [0.25, 0.3) is 6.08 Å². The van der Waals surface area contributed by atoms with Crippen LogP contribution in [0.2, 0.25) is 0 Å². The summed E-state index contributed by atoms with van der Waals surface area (Å²) in [6.07, 6.45) is 9.02. The van der Waals surface area contributed by atoms with Gasteiger partial charge in [-0.2, -0.15) is 0 Å². The molecule has 0 radical (unpaired) electrons. The van der Waals surface area contributed by atoms with Crippen LogP contribution in [0.3, 0.4) is 0 Å². The number of ketones is 1. The van der Waals surface area contributed by atoms with E-state index in [4.69, 9.17) is 24.0 Å². The molecule has 4 aliphatic heterocycles. The fraction of sp³-hybridized carbons (Fsp3) is 0.516. The number of amides is 1. The number of nitrogens with one attached hydrogen (secondary N) is 1. The van der Waals surface area contributed by atoms with E-state index < -0.39 is 23.9 Å². The molecule has 9 heteroatoms. The first-order valence-corrected chi connectivity index (χ1v) is 14.1. The van der Waals surface area contributed by atoms with Gasteiger partial charge in [-0.15, -0.1) is 0 Å². The monoisotopic (exact) mass is 548 g/mol. The predicted molar refractivity (Wildman–Crippen MR) is 145 cm³/mol. The smallest absolute Gasteiger partial charge is 0.259 e. The highest BCUT2D eigenvalue weighted by Gasteiger charge is 2.69. The van der Waals surface area contributed by atoms with Crippen LogP contribution in [0.5, 0.6) is 5.75 Å². The minimum absolute atomic E-state index is 0.00491. The Kier molecular flexibility index (Phi) is 7.25. The van der Waals surface area contributed by atoms with E-state index in [2.05, 4.69) is 24.1 Å². The van der Waals surface area contributed by atoms with Crippen molar-refractivity contribution in [1.82, 2.24) is 10.3 Å². The average Bonchev–Trinajstić information content (AvgIpc) is 3.20. The lowest BCUT2D eigenvalue weighted by atomic mass is 9.58. The van der Waals surface area contributed by atoms with E-state index >= 15 is 0 Å². The molecule has 1 N–H and O–H groups in total. The number of fused-ring (bicyclic) bond motifs is 2. The van der Waals surface area contributed by atoms with Crippen LogP contribution in [0.4, 0.5) is 0 Å². The molecular weight excluding hydrogens is 512 g/mol. The molecule has 7 rings (SSSR count). The number of hydrogen-bond acceptors (Lipinski definition) is 8. The molecule has 1 amide bonds. The molecule has 9 nitrogen and oxygen atoms in total. The first-order valence-electron chi connectivity index (χ1n) is 14.1. The van der Waals surface area contributed by atoms with Gasteiger partial charge < -0.3 is 19.5 Å². The lowest BCUT2D eigenvalue weighted by molar-refractivity contribution is -0.571. The van der Waals surface area contributed by atoms with Crippen molar-refractivity contribution in [3.63, 3.8) is 0 Å². The van der Waals surface area contributed by atoms with Gasteiger partial charge in [-0.25, -0.2) is 9.78 Å². The highest BCUT2D eigenvalue weighted by atomic mass is 17.3. The fourth-order valence-corrected chi connectivity index (χ4v) is 6.87. The van der Waals surface area contributed by atoms with Gasteiger partial charge in [0.2, 0.25) is 5.79 Å². The summed E-state index contributed by atoms with van der Waals surface area (Å²) in [4.78, 5) is 41.1. The first kappa shape index (κ1) is 27.1. The van der Waals surface area contributed by atoms with Crippen molar-refractivity contribution < 1.29 is 33.6 Å². The Morgan fingerprint density at radius 3 is 2.70 bits per heavy atom. The van der Waals surface area contributed by atoms with Gasteiger partial charge in [0.25, 0.3) is 5.91 Å². The van der Waals surface area contributed by atoms with Crippen molar-refractivity contribution in [3.8, 4) is 5.75 Å². The summed E-state index contributed by atoms with van der Waals surface area (Å²) in [5.41, 5.74) is 0.705. The van der Waals surface area contributed by atoms with Crippen LogP contribution in [0, 0.1) is 23.7 Å². The van der Waals surface area contributed by atoms with Crippen LogP contribution in [-0.2, 0) is 24.0 Å². The Balaban J connectivity index is 1.06. The Morgan fingerprint density at radius 2 is 1.93 bits per heavy atom. The van der Waals surface area contributed by atoms with Crippen molar-refractivity contribution in [2.24, 2.45) is 23.7 Å². The Hall–Kier alpha value is -3.11. The van der Waals surface area contributed by atoms with E-state index in [-0.39, 0.29) is 36.1 Å². The van der Waals surface area contributed by atoms with Gasteiger partial charge in [-0.3, -0.25) is 14.6 Å². The second kappa shape index (κ2) is 10.7. The van der Waals surface area contributed by atoms with Crippen molar-refractivity contribution >= 4 is 17.8 Å². The number of benzene rings is 1. The molecular formula is C31H36N2O7. The molecule has 5 fully saturated rings. The van der Waals surface area contributed by atoms with E-state index in [0.717, 1.165) is 31.2 Å². The Bertz CT molecular complexity index is 1270. The molecule has 40 heavy (non-hydrogen) atoms. The lowest BCUT2D eigenvalue weighted by Crippen LogP contribution is -2.72. The summed E-state index contributed by atoms with van der Waals surface area (Å²) in [5, 5.41) is 3.02. The predicted octanol–water partition coefficient (Wildman–Crippen LogP) is 4.68. The Labute approximate surface area is 234 Å². The second-order valence-electron chi connectivity index (χ2n) is 11.7. The molecule has 5 aliphatic rings. The summed E-state index contributed by atoms with van der Waals surface area (Å²) >= 11 is 0. The van der Waals surface area contributed by atoms with Gasteiger partial charge in [0.1, 0.15) is 12.0 Å². The topological polar surface area (TPSA) is 105 Å². The summed E-state index contributed by atoms with van der Waals surface area (Å²) in [5.74, 6) is 0.181. The van der Waals surface area contributed by atoms with Gasteiger partial charge in [0, 0.05) is 36.2 Å². The van der Waals surface area contributed by atoms with Gasteiger partial charge in [0.05, 0.1) is 0 Å². The van der Waals surface area contributed by atoms with Gasteiger partial charge >= 0.3 is 0 Å². The van der Waals surface area contributed by atoms with E-state index in [1.807, 2.05) is 19.1 Å². The van der Waals surface area contributed by atoms with Gasteiger partial charge in [0.15, 0.2) is 24.3 Å². The van der Waals surface area contributed by atoms with Crippen LogP contribution >= 0.6 is 0 Å². The minimum atomic E-state index is -0.858. The van der Waals surface area contributed by atoms with Crippen LogP contribution in [-0.4, -0.2) is 47.2 Å². The van der Waals surface area contributed by atoms with Crippen LogP contribution < -0.4 is 10.1 Å². The quantitative estimate of drug-likeness (QED) is 0.302. The molecule has 1 aromatic heterocycles. The molecule has 1 aliphatic carbocycles. The van der Waals surface area contributed by atoms with Crippen molar-refractivity contribution in [2.75, 3.05) is 6.61 Å². The fourth-order valence-electron chi connectivity index (χ4n) is 6.87. The van der Waals surface area contributed by atoms with E-state index in [0.29, 0.717) is 17.2 Å². The number of carbonyl (C=O) groups is 2. The van der Waals surface area contributed by atoms with Crippen molar-refractivity contribution in [1.29, 1.82) is 0 Å². The maximum Gasteiger partial charge on any atom is 0.259 e. The summed E-state index contributed by atoms with van der Waals surface area (Å²) < 4.78 is 18.5. The molecule has 2 aromatic rings. The van der Waals surface area contributed by atoms with Gasteiger partial charge in [-0.05, 0) is 73.9 Å². The summed E-state index contributed by atoms with van der Waals surface area (Å²) in [6, 6.07) is 10.6. The highest BCUT2D eigenvalue weighted by Crippen LogP contribution is 2.60. The minimum Gasteiger partial charge on any atom is -0.484 e. The molecule has 1 spiro atoms. The number of ether oxygens (including phenoxy) is 3. The molecule has 4 saturated heterocycles. The summed E-state index contributed by atoms with van der Waals surface area (Å²) in [6.45, 7) is 6.11. The van der Waals surface area contributed by atoms with E-state index in [1.54, 1.807) is 36.5 Å². The zero-order valence-corrected chi connectivity index (χ0v) is 23.1. The SMILES string of the molecule is C[C@H]1[C@@H](NC(=O)COc2ccc(/C=C/C(=O)c3cccnc3)cc2)O[C@@H]2O[C@@]3(C)CC[C@H]4[C@H](C)CC[C@@H]1[C@@]24OO3. The molecule has 8 atom stereocenters. The normalized spacial score (nSPS) is 36.5.